The number of rotatable bonds is 5. The third-order valence-electron chi connectivity index (χ3n) is 3.44. The third-order valence-corrected chi connectivity index (χ3v) is 3.44. The molecule has 0 radical (unpaired) electrons. The van der Waals surface area contributed by atoms with Crippen LogP contribution in [0.3, 0.4) is 0 Å². The largest absolute Gasteiger partial charge is 0.381 e. The second kappa shape index (κ2) is 6.66. The van der Waals surface area contributed by atoms with Gasteiger partial charge in [-0.1, -0.05) is 6.92 Å². The average molecular weight is 250 g/mol. The Bertz CT molecular complexity index is 349. The van der Waals surface area contributed by atoms with Gasteiger partial charge in [-0.25, -0.2) is 9.97 Å². The smallest absolute Gasteiger partial charge is 0.219 e. The normalized spacial score (nSPS) is 17.2. The lowest BCUT2D eigenvalue weighted by Gasteiger charge is -2.28. The zero-order valence-electron chi connectivity index (χ0n) is 11.0. The maximum atomic E-state index is 5.49. The number of nitrogens with two attached hydrogens (primary N) is 1. The van der Waals surface area contributed by atoms with Crippen molar-refractivity contribution in [2.75, 3.05) is 32.0 Å². The highest BCUT2D eigenvalue weighted by atomic mass is 16.5. The van der Waals surface area contributed by atoms with E-state index in [1.807, 2.05) is 12.4 Å². The van der Waals surface area contributed by atoms with Gasteiger partial charge in [-0.2, -0.15) is 0 Å². The number of aromatic nitrogens is 2. The van der Waals surface area contributed by atoms with Crippen LogP contribution in [0.15, 0.2) is 12.4 Å². The first-order chi connectivity index (χ1) is 8.78. The van der Waals surface area contributed by atoms with Gasteiger partial charge < -0.3 is 10.5 Å². The molecule has 0 amide bonds. The van der Waals surface area contributed by atoms with Crippen LogP contribution in [0, 0.1) is 5.92 Å². The molecule has 0 aromatic carbocycles. The van der Waals surface area contributed by atoms with Crippen LogP contribution in [0.1, 0.15) is 25.3 Å². The molecule has 1 aliphatic rings. The maximum Gasteiger partial charge on any atom is 0.219 e. The minimum Gasteiger partial charge on any atom is -0.381 e. The van der Waals surface area contributed by atoms with Crippen molar-refractivity contribution >= 4 is 5.95 Å². The number of hydrogen-bond donors (Lipinski definition) is 1. The summed E-state index contributed by atoms with van der Waals surface area (Å²) in [6.07, 6.45) is 5.98. The van der Waals surface area contributed by atoms with E-state index in [1.165, 1.54) is 12.8 Å². The predicted molar refractivity (Wildman–Crippen MR) is 70.9 cm³/mol. The first kappa shape index (κ1) is 13.2. The Kier molecular flexibility index (Phi) is 4.90. The van der Waals surface area contributed by atoms with Crippen LogP contribution in [0.2, 0.25) is 0 Å². The number of anilines is 1. The Balaban J connectivity index is 1.86. The zero-order valence-corrected chi connectivity index (χ0v) is 11.0. The van der Waals surface area contributed by atoms with Gasteiger partial charge in [0.15, 0.2) is 0 Å². The molecule has 5 nitrogen and oxygen atoms in total. The summed E-state index contributed by atoms with van der Waals surface area (Å²) in [7, 11) is 0. The Hall–Kier alpha value is -1.20. The van der Waals surface area contributed by atoms with E-state index in [4.69, 9.17) is 10.5 Å². The molecule has 0 aliphatic carbocycles. The molecule has 2 heterocycles. The summed E-state index contributed by atoms with van der Waals surface area (Å²) in [5.41, 5.74) is 6.61. The first-order valence-corrected chi connectivity index (χ1v) is 6.64. The molecule has 100 valence electrons. The summed E-state index contributed by atoms with van der Waals surface area (Å²) >= 11 is 0. The van der Waals surface area contributed by atoms with E-state index in [2.05, 4.69) is 21.8 Å². The van der Waals surface area contributed by atoms with Crippen molar-refractivity contribution in [2.24, 2.45) is 5.92 Å². The minimum absolute atomic E-state index is 0.339. The molecule has 0 atom stereocenters. The van der Waals surface area contributed by atoms with Crippen LogP contribution in [-0.4, -0.2) is 41.2 Å². The van der Waals surface area contributed by atoms with Gasteiger partial charge in [0.2, 0.25) is 5.95 Å². The van der Waals surface area contributed by atoms with Gasteiger partial charge in [0.05, 0.1) is 0 Å². The molecule has 2 rings (SSSR count). The Morgan fingerprint density at radius 1 is 1.33 bits per heavy atom. The summed E-state index contributed by atoms with van der Waals surface area (Å²) in [5, 5.41) is 0. The zero-order chi connectivity index (χ0) is 12.8. The fourth-order valence-corrected chi connectivity index (χ4v) is 2.30. The van der Waals surface area contributed by atoms with E-state index >= 15 is 0 Å². The maximum absolute atomic E-state index is 5.49. The topological polar surface area (TPSA) is 64.3 Å². The Labute approximate surface area is 108 Å². The van der Waals surface area contributed by atoms with E-state index < -0.39 is 0 Å². The molecular weight excluding hydrogens is 228 g/mol. The van der Waals surface area contributed by atoms with Gasteiger partial charge in [-0.3, -0.25) is 4.90 Å². The number of hydrogen-bond acceptors (Lipinski definition) is 5. The van der Waals surface area contributed by atoms with E-state index in [0.29, 0.717) is 5.95 Å². The third kappa shape index (κ3) is 3.92. The molecule has 0 saturated carbocycles. The van der Waals surface area contributed by atoms with Crippen LogP contribution in [0.25, 0.3) is 0 Å². The van der Waals surface area contributed by atoms with Gasteiger partial charge in [-0.05, 0) is 25.3 Å². The van der Waals surface area contributed by atoms with Gasteiger partial charge in [0, 0.05) is 44.3 Å². The molecule has 1 aromatic rings. The molecule has 0 spiro atoms. The fourth-order valence-electron chi connectivity index (χ4n) is 2.30. The van der Waals surface area contributed by atoms with Crippen molar-refractivity contribution in [1.29, 1.82) is 0 Å². The molecular formula is C13H22N4O. The SMILES string of the molecule is CCN(Cc1cnc(N)nc1)CC1CCOCC1. The van der Waals surface area contributed by atoms with Crippen LogP contribution in [-0.2, 0) is 11.3 Å². The van der Waals surface area contributed by atoms with Crippen LogP contribution >= 0.6 is 0 Å². The molecule has 2 N–H and O–H groups in total. The summed E-state index contributed by atoms with van der Waals surface area (Å²) in [6, 6.07) is 0. The highest BCUT2D eigenvalue weighted by Gasteiger charge is 2.17. The molecule has 0 unspecified atom stereocenters. The second-order valence-electron chi connectivity index (χ2n) is 4.83. The van der Waals surface area contributed by atoms with Gasteiger partial charge in [0.1, 0.15) is 0 Å². The monoisotopic (exact) mass is 250 g/mol. The van der Waals surface area contributed by atoms with Crippen molar-refractivity contribution in [3.05, 3.63) is 18.0 Å². The van der Waals surface area contributed by atoms with Crippen LogP contribution < -0.4 is 5.73 Å². The molecule has 0 bridgehead atoms. The van der Waals surface area contributed by atoms with Crippen molar-refractivity contribution in [3.63, 3.8) is 0 Å². The van der Waals surface area contributed by atoms with Gasteiger partial charge in [0.25, 0.3) is 0 Å². The lowest BCUT2D eigenvalue weighted by Crippen LogP contribution is -2.32. The molecule has 1 fully saturated rings. The van der Waals surface area contributed by atoms with Crippen molar-refractivity contribution in [2.45, 2.75) is 26.3 Å². The van der Waals surface area contributed by atoms with E-state index in [-0.39, 0.29) is 0 Å². The summed E-state index contributed by atoms with van der Waals surface area (Å²) in [4.78, 5) is 10.5. The van der Waals surface area contributed by atoms with E-state index in [9.17, 15) is 0 Å². The lowest BCUT2D eigenvalue weighted by molar-refractivity contribution is 0.0521. The highest BCUT2D eigenvalue weighted by molar-refractivity contribution is 5.17. The summed E-state index contributed by atoms with van der Waals surface area (Å²) in [5.74, 6) is 1.10. The number of ether oxygens (including phenoxy) is 1. The van der Waals surface area contributed by atoms with Crippen molar-refractivity contribution in [1.82, 2.24) is 14.9 Å². The molecule has 1 saturated heterocycles. The Morgan fingerprint density at radius 3 is 2.61 bits per heavy atom. The standard InChI is InChI=1S/C13H22N4O/c1-2-17(9-11-3-5-18-6-4-11)10-12-7-15-13(14)16-8-12/h7-8,11H,2-6,9-10H2,1H3,(H2,14,15,16). The number of nitrogen functional groups attached to an aromatic ring is 1. The summed E-state index contributed by atoms with van der Waals surface area (Å²) in [6.45, 7) is 7.08. The van der Waals surface area contributed by atoms with Crippen molar-refractivity contribution in [3.8, 4) is 0 Å². The average Bonchev–Trinajstić information content (AvgIpc) is 2.41. The molecule has 18 heavy (non-hydrogen) atoms. The van der Waals surface area contributed by atoms with Crippen molar-refractivity contribution < 1.29 is 4.74 Å². The van der Waals surface area contributed by atoms with Crippen LogP contribution in [0.4, 0.5) is 5.95 Å². The fraction of sp³-hybridized carbons (Fsp3) is 0.692. The quantitative estimate of drug-likeness (QED) is 0.853. The molecule has 1 aliphatic heterocycles. The highest BCUT2D eigenvalue weighted by Crippen LogP contribution is 2.17. The Morgan fingerprint density at radius 2 is 2.00 bits per heavy atom. The summed E-state index contributed by atoms with van der Waals surface area (Å²) < 4.78 is 5.39. The number of nitrogens with zero attached hydrogens (tertiary/aromatic N) is 3. The van der Waals surface area contributed by atoms with E-state index in [1.54, 1.807) is 0 Å². The van der Waals surface area contributed by atoms with Crippen LogP contribution in [0.5, 0.6) is 0 Å². The molecule has 5 heteroatoms. The predicted octanol–water partition coefficient (Wildman–Crippen LogP) is 1.31. The van der Waals surface area contributed by atoms with E-state index in [0.717, 1.165) is 44.3 Å². The minimum atomic E-state index is 0.339. The van der Waals surface area contributed by atoms with Gasteiger partial charge >= 0.3 is 0 Å². The molecule has 1 aromatic heterocycles. The lowest BCUT2D eigenvalue weighted by atomic mass is 9.99. The second-order valence-corrected chi connectivity index (χ2v) is 4.83. The first-order valence-electron chi connectivity index (χ1n) is 6.64. The van der Waals surface area contributed by atoms with Gasteiger partial charge in [-0.15, -0.1) is 0 Å².